The third-order valence-corrected chi connectivity index (χ3v) is 8.39. The Kier molecular flexibility index (Phi) is 10.9. The number of ether oxygens (including phenoxy) is 2. The van der Waals surface area contributed by atoms with E-state index in [0.717, 1.165) is 59.4 Å². The summed E-state index contributed by atoms with van der Waals surface area (Å²) in [5.41, 5.74) is 6.83. The first kappa shape index (κ1) is 29.9. The minimum atomic E-state index is -0.0178. The number of hydrogen-bond acceptors (Lipinski definition) is 3. The molecule has 0 spiro atoms. The highest BCUT2D eigenvalue weighted by molar-refractivity contribution is 5.79. The largest absolute Gasteiger partial charge is 0.488 e. The van der Waals surface area contributed by atoms with E-state index in [4.69, 9.17) is 9.47 Å². The fourth-order valence-corrected chi connectivity index (χ4v) is 5.73. The molecule has 0 radical (unpaired) electrons. The van der Waals surface area contributed by atoms with E-state index in [-0.39, 0.29) is 12.0 Å². The molecule has 0 amide bonds. The molecular weight excluding hydrogens is 492 g/mol. The number of allylic oxidation sites excluding steroid dienone is 1. The Hall–Kier alpha value is -3.04. The van der Waals surface area contributed by atoms with E-state index in [2.05, 4.69) is 88.4 Å². The molecule has 3 nitrogen and oxygen atoms in total. The van der Waals surface area contributed by atoms with Crippen LogP contribution in [0.2, 0.25) is 0 Å². The van der Waals surface area contributed by atoms with Crippen molar-refractivity contribution in [2.75, 3.05) is 6.61 Å². The second-order valence-corrected chi connectivity index (χ2v) is 12.2. The molecule has 0 bridgehead atoms. The maximum atomic E-state index is 10.4. The molecular formula is C37H48O3. The van der Waals surface area contributed by atoms with Crippen LogP contribution in [-0.4, -0.2) is 11.7 Å². The molecule has 1 aliphatic rings. The van der Waals surface area contributed by atoms with Gasteiger partial charge in [-0.3, -0.25) is 0 Å². The first-order chi connectivity index (χ1) is 19.4. The molecule has 1 N–H and O–H groups in total. The molecule has 4 rings (SSSR count). The van der Waals surface area contributed by atoms with Crippen LogP contribution in [0.5, 0.6) is 11.5 Å². The monoisotopic (exact) mass is 540 g/mol. The lowest BCUT2D eigenvalue weighted by atomic mass is 9.77. The van der Waals surface area contributed by atoms with E-state index in [0.29, 0.717) is 19.1 Å². The summed E-state index contributed by atoms with van der Waals surface area (Å²) in [6.45, 7) is 10.3. The Labute approximate surface area is 242 Å². The number of hydrogen-bond donors (Lipinski definition) is 1. The predicted molar refractivity (Wildman–Crippen MR) is 167 cm³/mol. The molecule has 3 aromatic carbocycles. The van der Waals surface area contributed by atoms with Crippen LogP contribution in [0.4, 0.5) is 0 Å². The number of aliphatic hydroxyl groups is 1. The third kappa shape index (κ3) is 8.01. The van der Waals surface area contributed by atoms with Crippen molar-refractivity contribution < 1.29 is 14.6 Å². The normalized spacial score (nSPS) is 15.8. The minimum absolute atomic E-state index is 0.0178. The van der Waals surface area contributed by atoms with Crippen molar-refractivity contribution in [2.45, 2.75) is 97.7 Å². The quantitative estimate of drug-likeness (QED) is 0.207. The average molecular weight is 541 g/mol. The first-order valence-electron chi connectivity index (χ1n) is 15.3. The summed E-state index contributed by atoms with van der Waals surface area (Å²) in [6.07, 6.45) is 9.03. The fourth-order valence-electron chi connectivity index (χ4n) is 5.73. The lowest BCUT2D eigenvalue weighted by Gasteiger charge is -2.31. The van der Waals surface area contributed by atoms with Gasteiger partial charge in [-0.05, 0) is 77.0 Å². The van der Waals surface area contributed by atoms with Gasteiger partial charge in [-0.25, -0.2) is 0 Å². The van der Waals surface area contributed by atoms with E-state index in [1.54, 1.807) is 0 Å². The standard InChI is InChI=1S/C37H48O3/c1-5-6-7-14-21-37(3,4)32-23-34(39-26-29-15-10-8-11-16-29)36(33-22-28(2)19-20-31(33)25-38)35(24-32)40-27-30-17-12-9-13-18-30/h8-13,15-18,23-24,28,38H,5-7,14,19-22,25-27H2,1-4H3. The van der Waals surface area contributed by atoms with E-state index < -0.39 is 0 Å². The van der Waals surface area contributed by atoms with Crippen molar-refractivity contribution in [3.8, 4) is 11.5 Å². The fraction of sp³-hybridized carbons (Fsp3) is 0.459. The van der Waals surface area contributed by atoms with Gasteiger partial charge in [0, 0.05) is 0 Å². The summed E-state index contributed by atoms with van der Waals surface area (Å²) in [5, 5.41) is 10.4. The molecule has 1 atom stereocenters. The van der Waals surface area contributed by atoms with Crippen LogP contribution in [0, 0.1) is 5.92 Å². The summed E-state index contributed by atoms with van der Waals surface area (Å²) in [4.78, 5) is 0. The van der Waals surface area contributed by atoms with Crippen molar-refractivity contribution in [1.82, 2.24) is 0 Å². The molecule has 1 unspecified atom stereocenters. The van der Waals surface area contributed by atoms with Crippen molar-refractivity contribution >= 4 is 5.57 Å². The molecule has 40 heavy (non-hydrogen) atoms. The topological polar surface area (TPSA) is 38.7 Å². The Balaban J connectivity index is 1.80. The summed E-state index contributed by atoms with van der Waals surface area (Å²) >= 11 is 0. The number of unbranched alkanes of at least 4 members (excludes halogenated alkanes) is 3. The molecule has 1 aliphatic carbocycles. The van der Waals surface area contributed by atoms with E-state index in [9.17, 15) is 5.11 Å². The van der Waals surface area contributed by atoms with Crippen LogP contribution in [0.25, 0.3) is 5.57 Å². The Morgan fingerprint density at radius 3 is 1.93 bits per heavy atom. The van der Waals surface area contributed by atoms with E-state index >= 15 is 0 Å². The smallest absolute Gasteiger partial charge is 0.131 e. The SMILES string of the molecule is CCCCCCC(C)(C)c1cc(OCc2ccccc2)c(C2=C(CO)CCC(C)C2)c(OCc2ccccc2)c1. The number of benzene rings is 3. The maximum absolute atomic E-state index is 10.4. The van der Waals surface area contributed by atoms with Crippen molar-refractivity contribution in [3.63, 3.8) is 0 Å². The molecule has 0 fully saturated rings. The zero-order valence-corrected chi connectivity index (χ0v) is 25.0. The minimum Gasteiger partial charge on any atom is -0.488 e. The highest BCUT2D eigenvalue weighted by Crippen LogP contribution is 2.47. The molecule has 214 valence electrons. The summed E-state index contributed by atoms with van der Waals surface area (Å²) in [5.74, 6) is 2.27. The maximum Gasteiger partial charge on any atom is 0.131 e. The van der Waals surface area contributed by atoms with Crippen LogP contribution in [0.1, 0.15) is 101 Å². The summed E-state index contributed by atoms with van der Waals surface area (Å²) < 4.78 is 13.4. The second kappa shape index (κ2) is 14.6. The lowest BCUT2D eigenvalue weighted by Crippen LogP contribution is -2.19. The molecule has 0 saturated heterocycles. The highest BCUT2D eigenvalue weighted by Gasteiger charge is 2.29. The molecule has 0 heterocycles. The van der Waals surface area contributed by atoms with E-state index in [1.165, 1.54) is 36.8 Å². The first-order valence-corrected chi connectivity index (χ1v) is 15.3. The number of rotatable bonds is 14. The Morgan fingerprint density at radius 2 is 1.40 bits per heavy atom. The zero-order valence-electron chi connectivity index (χ0n) is 25.0. The third-order valence-electron chi connectivity index (χ3n) is 8.39. The van der Waals surface area contributed by atoms with Gasteiger partial charge in [0.05, 0.1) is 12.2 Å². The van der Waals surface area contributed by atoms with Gasteiger partial charge in [-0.1, -0.05) is 114 Å². The summed E-state index contributed by atoms with van der Waals surface area (Å²) in [7, 11) is 0. The van der Waals surface area contributed by atoms with Gasteiger partial charge >= 0.3 is 0 Å². The second-order valence-electron chi connectivity index (χ2n) is 12.2. The van der Waals surface area contributed by atoms with Crippen LogP contribution in [0.15, 0.2) is 78.4 Å². The van der Waals surface area contributed by atoms with Crippen LogP contribution in [-0.2, 0) is 18.6 Å². The zero-order chi connectivity index (χ0) is 28.4. The Morgan fingerprint density at radius 1 is 0.825 bits per heavy atom. The van der Waals surface area contributed by atoms with Crippen molar-refractivity contribution in [1.29, 1.82) is 0 Å². The van der Waals surface area contributed by atoms with Gasteiger partial charge in [0.1, 0.15) is 24.7 Å². The molecule has 0 aromatic heterocycles. The molecule has 3 aromatic rings. The van der Waals surface area contributed by atoms with Gasteiger partial charge in [-0.2, -0.15) is 0 Å². The van der Waals surface area contributed by atoms with Gasteiger partial charge in [0.15, 0.2) is 0 Å². The van der Waals surface area contributed by atoms with Gasteiger partial charge in [0.2, 0.25) is 0 Å². The predicted octanol–water partition coefficient (Wildman–Crippen LogP) is 9.66. The van der Waals surface area contributed by atoms with Crippen molar-refractivity contribution in [3.05, 3.63) is 101 Å². The molecule has 0 saturated carbocycles. The van der Waals surface area contributed by atoms with Crippen LogP contribution >= 0.6 is 0 Å². The van der Waals surface area contributed by atoms with Crippen LogP contribution < -0.4 is 9.47 Å². The molecule has 0 aliphatic heterocycles. The van der Waals surface area contributed by atoms with Gasteiger partial charge in [0.25, 0.3) is 0 Å². The Bertz CT molecular complexity index is 1160. The van der Waals surface area contributed by atoms with Gasteiger partial charge in [-0.15, -0.1) is 0 Å². The van der Waals surface area contributed by atoms with Crippen molar-refractivity contribution in [2.24, 2.45) is 5.92 Å². The highest BCUT2D eigenvalue weighted by atomic mass is 16.5. The van der Waals surface area contributed by atoms with Gasteiger partial charge < -0.3 is 14.6 Å². The lowest BCUT2D eigenvalue weighted by molar-refractivity contribution is 0.284. The van der Waals surface area contributed by atoms with Crippen LogP contribution in [0.3, 0.4) is 0 Å². The van der Waals surface area contributed by atoms with E-state index in [1.807, 2.05) is 12.1 Å². The molecule has 3 heteroatoms. The summed E-state index contributed by atoms with van der Waals surface area (Å²) in [6, 6.07) is 25.2. The number of aliphatic hydroxyl groups excluding tert-OH is 1. The average Bonchev–Trinajstić information content (AvgIpc) is 2.98.